The monoisotopic (exact) mass is 503 g/mol. The smallest absolute Gasteiger partial charge is 0.291 e. The van der Waals surface area contributed by atoms with E-state index in [1.54, 1.807) is 0 Å². The van der Waals surface area contributed by atoms with Gasteiger partial charge in [0.05, 0.1) is 12.8 Å². The number of nitrogens with zero attached hydrogens (tertiary/aromatic N) is 3. The molecule has 2 aliphatic heterocycles. The number of imidazole rings is 1. The Kier molecular flexibility index (Phi) is 7.13. The normalized spacial score (nSPS) is 21.8. The Bertz CT molecular complexity index is 1250. The van der Waals surface area contributed by atoms with E-state index in [1.807, 2.05) is 30.9 Å². The maximum atomic E-state index is 12.9. The zero-order chi connectivity index (χ0) is 26.0. The highest BCUT2D eigenvalue weighted by Gasteiger charge is 2.39. The third-order valence-electron chi connectivity index (χ3n) is 7.40. The Hall–Kier alpha value is -3.48. The number of allylic oxidation sites excluding steroid dienone is 2. The van der Waals surface area contributed by atoms with Crippen LogP contribution in [0.25, 0.3) is 5.57 Å². The maximum absolute atomic E-state index is 12.9. The van der Waals surface area contributed by atoms with Crippen LogP contribution in [0.1, 0.15) is 85.7 Å². The number of piperidine rings is 1. The fourth-order valence-corrected chi connectivity index (χ4v) is 5.39. The minimum absolute atomic E-state index is 0.00705. The van der Waals surface area contributed by atoms with Gasteiger partial charge >= 0.3 is 0 Å². The largest absolute Gasteiger partial charge is 0.347 e. The molecule has 0 saturated carbocycles. The highest BCUT2D eigenvalue weighted by Crippen LogP contribution is 2.37. The summed E-state index contributed by atoms with van der Waals surface area (Å²) in [4.78, 5) is 34.4. The van der Waals surface area contributed by atoms with Crippen LogP contribution in [0.2, 0.25) is 0 Å². The molecule has 1 aromatic heterocycles. The zero-order valence-electron chi connectivity index (χ0n) is 21.4. The second kappa shape index (κ2) is 10.5. The number of carbonyl (C=O) groups excluding carboxylic acids is 2. The van der Waals surface area contributed by atoms with Gasteiger partial charge in [-0.15, -0.1) is 0 Å². The number of rotatable bonds is 5. The molecule has 0 bridgehead atoms. The van der Waals surface area contributed by atoms with E-state index in [4.69, 9.17) is 14.7 Å². The molecule has 0 spiro atoms. The van der Waals surface area contributed by atoms with E-state index in [0.29, 0.717) is 25.6 Å². The van der Waals surface area contributed by atoms with Crippen molar-refractivity contribution in [1.82, 2.24) is 14.9 Å². The molecular formula is C28H33N5O4. The van der Waals surface area contributed by atoms with E-state index in [0.717, 1.165) is 43.4 Å². The van der Waals surface area contributed by atoms with Crippen molar-refractivity contribution >= 4 is 23.1 Å². The lowest BCUT2D eigenvalue weighted by atomic mass is 9.85. The maximum Gasteiger partial charge on any atom is 0.291 e. The van der Waals surface area contributed by atoms with Crippen molar-refractivity contribution in [2.75, 3.05) is 25.0 Å². The highest BCUT2D eigenvalue weighted by atomic mass is 16.7. The molecule has 2 amide bonds. The summed E-state index contributed by atoms with van der Waals surface area (Å²) in [6.45, 7) is 5.32. The average molecular weight is 504 g/mol. The second-order valence-corrected chi connectivity index (χ2v) is 10.4. The summed E-state index contributed by atoms with van der Waals surface area (Å²) in [6, 6.07) is 8.20. The summed E-state index contributed by atoms with van der Waals surface area (Å²) in [5.41, 5.74) is 4.49. The molecule has 0 unspecified atom stereocenters. The quantitative estimate of drug-likeness (QED) is 0.626. The third-order valence-corrected chi connectivity index (χ3v) is 7.40. The molecule has 37 heavy (non-hydrogen) atoms. The minimum Gasteiger partial charge on any atom is -0.347 e. The lowest BCUT2D eigenvalue weighted by Gasteiger charge is -2.34. The lowest BCUT2D eigenvalue weighted by Crippen LogP contribution is -2.44. The van der Waals surface area contributed by atoms with Crippen LogP contribution >= 0.6 is 0 Å². The molecule has 1 aliphatic carbocycles. The highest BCUT2D eigenvalue weighted by molar-refractivity contribution is 6.03. The van der Waals surface area contributed by atoms with Crippen molar-refractivity contribution in [3.8, 4) is 6.07 Å². The predicted molar refractivity (Wildman–Crippen MR) is 138 cm³/mol. The number of aromatic amines is 1. The van der Waals surface area contributed by atoms with E-state index in [9.17, 15) is 9.59 Å². The number of anilines is 1. The first kappa shape index (κ1) is 25.2. The molecule has 2 fully saturated rings. The van der Waals surface area contributed by atoms with Crippen LogP contribution < -0.4 is 5.32 Å². The van der Waals surface area contributed by atoms with Crippen LogP contribution in [0, 0.1) is 11.3 Å². The van der Waals surface area contributed by atoms with Gasteiger partial charge in [0.2, 0.25) is 0 Å². The van der Waals surface area contributed by atoms with Crippen LogP contribution in [-0.2, 0) is 14.3 Å². The van der Waals surface area contributed by atoms with Crippen molar-refractivity contribution in [2.24, 2.45) is 0 Å². The lowest BCUT2D eigenvalue weighted by molar-refractivity contribution is -0.160. The number of nitriles is 1. The fourth-order valence-electron chi connectivity index (χ4n) is 5.39. The predicted octanol–water partition coefficient (Wildman–Crippen LogP) is 4.35. The van der Waals surface area contributed by atoms with Crippen molar-refractivity contribution in [1.29, 1.82) is 5.26 Å². The van der Waals surface area contributed by atoms with Gasteiger partial charge < -0.3 is 24.7 Å². The molecule has 3 heterocycles. The summed E-state index contributed by atoms with van der Waals surface area (Å²) < 4.78 is 11.3. The molecule has 9 nitrogen and oxygen atoms in total. The van der Waals surface area contributed by atoms with Crippen LogP contribution in [0.3, 0.4) is 0 Å². The van der Waals surface area contributed by atoms with Gasteiger partial charge in [-0.1, -0.05) is 12.1 Å². The van der Waals surface area contributed by atoms with Gasteiger partial charge in [0.25, 0.3) is 11.8 Å². The van der Waals surface area contributed by atoms with E-state index >= 15 is 0 Å². The number of nitrogens with one attached hydrogen (secondary N) is 2. The zero-order valence-corrected chi connectivity index (χ0v) is 21.4. The van der Waals surface area contributed by atoms with Gasteiger partial charge in [-0.2, -0.15) is 5.26 Å². The van der Waals surface area contributed by atoms with Crippen LogP contribution in [0.15, 0.2) is 30.5 Å². The summed E-state index contributed by atoms with van der Waals surface area (Å²) >= 11 is 0. The molecule has 194 valence electrons. The Morgan fingerprint density at radius 2 is 2.05 bits per heavy atom. The number of hydrogen-bond acceptors (Lipinski definition) is 6. The van der Waals surface area contributed by atoms with Crippen molar-refractivity contribution in [3.63, 3.8) is 0 Å². The number of H-pyrrole nitrogens is 1. The molecule has 1 aromatic carbocycles. The number of hydrogen-bond donors (Lipinski definition) is 2. The summed E-state index contributed by atoms with van der Waals surface area (Å²) in [6.07, 6.45) is 9.13. The first-order chi connectivity index (χ1) is 17.8. The standard InChI is InChI=1S/C28H33N5O4/c1-28(2)36-17-24(37-28)27(35)33-12-10-18(11-13-33)20-8-9-23(22(14-20)19-6-4-3-5-7-19)32-26(34)25-30-16-21(15-29)31-25/h6,8-9,14,16,18,24H,3-5,7,10-13,17H2,1-2H3,(H,30,31)(H,32,34)/t24-/m1/s1. The molecule has 2 aromatic rings. The van der Waals surface area contributed by atoms with E-state index < -0.39 is 11.9 Å². The van der Waals surface area contributed by atoms with Gasteiger partial charge in [0.1, 0.15) is 11.8 Å². The number of likely N-dealkylation sites (tertiary alicyclic amines) is 1. The Balaban J connectivity index is 1.30. The second-order valence-electron chi connectivity index (χ2n) is 10.4. The van der Waals surface area contributed by atoms with Gasteiger partial charge in [-0.05, 0) is 81.6 Å². The first-order valence-corrected chi connectivity index (χ1v) is 13.0. The summed E-state index contributed by atoms with van der Waals surface area (Å²) in [5, 5.41) is 12.0. The number of amides is 2. The average Bonchev–Trinajstić information content (AvgIpc) is 3.55. The van der Waals surface area contributed by atoms with Crippen molar-refractivity contribution < 1.29 is 19.1 Å². The van der Waals surface area contributed by atoms with Crippen LogP contribution in [0.4, 0.5) is 5.69 Å². The molecular weight excluding hydrogens is 470 g/mol. The molecule has 1 atom stereocenters. The van der Waals surface area contributed by atoms with E-state index in [2.05, 4.69) is 33.5 Å². The van der Waals surface area contributed by atoms with Gasteiger partial charge in [-0.25, -0.2) is 4.98 Å². The molecule has 9 heteroatoms. The van der Waals surface area contributed by atoms with Gasteiger partial charge in [-0.3, -0.25) is 9.59 Å². The summed E-state index contributed by atoms with van der Waals surface area (Å²) in [5.74, 6) is -0.638. The van der Waals surface area contributed by atoms with E-state index in [-0.39, 0.29) is 23.3 Å². The molecule has 5 rings (SSSR count). The van der Waals surface area contributed by atoms with Crippen molar-refractivity contribution in [3.05, 3.63) is 53.1 Å². The minimum atomic E-state index is -0.713. The van der Waals surface area contributed by atoms with Gasteiger partial charge in [0.15, 0.2) is 17.7 Å². The topological polar surface area (TPSA) is 120 Å². The Morgan fingerprint density at radius 3 is 2.70 bits per heavy atom. The van der Waals surface area contributed by atoms with Gasteiger partial charge in [0, 0.05) is 24.3 Å². The summed E-state index contributed by atoms with van der Waals surface area (Å²) in [7, 11) is 0. The number of ether oxygens (including phenoxy) is 2. The number of benzene rings is 1. The molecule has 2 saturated heterocycles. The molecule has 2 N–H and O–H groups in total. The first-order valence-electron chi connectivity index (χ1n) is 13.0. The number of aromatic nitrogens is 2. The van der Waals surface area contributed by atoms with E-state index in [1.165, 1.54) is 23.8 Å². The molecule has 0 radical (unpaired) electrons. The third kappa shape index (κ3) is 5.60. The molecule has 3 aliphatic rings. The van der Waals surface area contributed by atoms with Crippen LogP contribution in [0.5, 0.6) is 0 Å². The fraction of sp³-hybridized carbons (Fsp3) is 0.500. The Morgan fingerprint density at radius 1 is 1.24 bits per heavy atom. The van der Waals surface area contributed by atoms with Crippen molar-refractivity contribution in [2.45, 2.75) is 70.2 Å². The number of carbonyl (C=O) groups is 2. The van der Waals surface area contributed by atoms with Crippen LogP contribution in [-0.4, -0.2) is 58.3 Å². The Labute approximate surface area is 216 Å². The SMILES string of the molecule is CC1(C)OC[C@H](C(=O)N2CCC(c3ccc(NC(=O)c4ncc(C#N)[nH]4)c(C4=CCCCC4)c3)CC2)O1.